The van der Waals surface area contributed by atoms with Crippen molar-refractivity contribution in [2.45, 2.75) is 39.6 Å². The molecule has 1 aliphatic heterocycles. The Hall–Kier alpha value is -3.43. The molecule has 9 nitrogen and oxygen atoms in total. The van der Waals surface area contributed by atoms with Crippen molar-refractivity contribution in [3.8, 4) is 5.75 Å². The summed E-state index contributed by atoms with van der Waals surface area (Å²) in [6, 6.07) is 8.68. The molecule has 0 radical (unpaired) electrons. The van der Waals surface area contributed by atoms with Gasteiger partial charge in [-0.3, -0.25) is 14.7 Å². The average molecular weight is 452 g/mol. The summed E-state index contributed by atoms with van der Waals surface area (Å²) in [5.74, 6) is -0.521. The monoisotopic (exact) mass is 451 g/mol. The van der Waals surface area contributed by atoms with E-state index in [4.69, 9.17) is 4.74 Å². The van der Waals surface area contributed by atoms with Crippen molar-refractivity contribution in [2.24, 2.45) is 0 Å². The molecule has 1 aromatic heterocycles. The van der Waals surface area contributed by atoms with Gasteiger partial charge in [-0.25, -0.2) is 0 Å². The molecule has 2 aromatic carbocycles. The Morgan fingerprint density at radius 3 is 2.73 bits per heavy atom. The lowest BCUT2D eigenvalue weighted by molar-refractivity contribution is 0.0642. The number of carbonyl (C=O) groups is 2. The molecular formula is C24H29N5O4. The zero-order chi connectivity index (χ0) is 23.5. The maximum Gasteiger partial charge on any atom is 0.258 e. The van der Waals surface area contributed by atoms with Gasteiger partial charge in [0.15, 0.2) is 0 Å². The summed E-state index contributed by atoms with van der Waals surface area (Å²) >= 11 is 0. The van der Waals surface area contributed by atoms with Crippen LogP contribution in [0.25, 0.3) is 10.9 Å². The lowest BCUT2D eigenvalue weighted by atomic mass is 10.1. The third-order valence-corrected chi connectivity index (χ3v) is 5.68. The maximum atomic E-state index is 13.3. The zero-order valence-corrected chi connectivity index (χ0v) is 19.1. The molecule has 174 valence electrons. The smallest absolute Gasteiger partial charge is 0.258 e. The molecule has 4 rings (SSSR count). The molecule has 2 amide bonds. The van der Waals surface area contributed by atoms with E-state index < -0.39 is 0 Å². The zero-order valence-electron chi connectivity index (χ0n) is 19.1. The van der Waals surface area contributed by atoms with E-state index in [1.807, 2.05) is 33.0 Å². The second kappa shape index (κ2) is 9.60. The summed E-state index contributed by atoms with van der Waals surface area (Å²) in [5.41, 5.74) is 4.03. The molecule has 3 aromatic rings. The Morgan fingerprint density at radius 1 is 1.18 bits per heavy atom. The fourth-order valence-electron chi connectivity index (χ4n) is 3.89. The Bertz CT molecular complexity index is 1190. The lowest BCUT2D eigenvalue weighted by Crippen LogP contribution is -2.30. The van der Waals surface area contributed by atoms with Crippen LogP contribution in [0.2, 0.25) is 0 Å². The lowest BCUT2D eigenvalue weighted by Gasteiger charge is -2.16. The minimum Gasteiger partial charge on any atom is -0.507 e. The van der Waals surface area contributed by atoms with Crippen LogP contribution in [-0.4, -0.2) is 58.3 Å². The molecule has 2 heterocycles. The summed E-state index contributed by atoms with van der Waals surface area (Å²) in [7, 11) is 1.83. The number of ether oxygens (including phenoxy) is 1. The molecule has 0 bridgehead atoms. The minimum absolute atomic E-state index is 0.0494. The Kier molecular flexibility index (Phi) is 6.62. The molecule has 1 aliphatic rings. The predicted octanol–water partition coefficient (Wildman–Crippen LogP) is 2.30. The van der Waals surface area contributed by atoms with Crippen LogP contribution < -0.4 is 10.6 Å². The van der Waals surface area contributed by atoms with Gasteiger partial charge in [-0.1, -0.05) is 6.07 Å². The number of hydrogen-bond donors (Lipinski definition) is 4. The summed E-state index contributed by atoms with van der Waals surface area (Å²) in [6.07, 6.45) is 0.0494. The van der Waals surface area contributed by atoms with Gasteiger partial charge in [0.2, 0.25) is 0 Å². The van der Waals surface area contributed by atoms with Crippen molar-refractivity contribution in [2.75, 3.05) is 20.1 Å². The van der Waals surface area contributed by atoms with E-state index >= 15 is 0 Å². The van der Waals surface area contributed by atoms with Gasteiger partial charge in [0.25, 0.3) is 11.8 Å². The van der Waals surface area contributed by atoms with Gasteiger partial charge in [0.05, 0.1) is 29.5 Å². The number of aromatic nitrogens is 2. The molecule has 0 spiro atoms. The van der Waals surface area contributed by atoms with Crippen LogP contribution in [0.3, 0.4) is 0 Å². The quantitative estimate of drug-likeness (QED) is 0.390. The molecule has 0 unspecified atom stereocenters. The minimum atomic E-state index is -0.275. The number of phenols is 1. The van der Waals surface area contributed by atoms with Crippen LogP contribution in [0, 0.1) is 0 Å². The highest BCUT2D eigenvalue weighted by atomic mass is 16.5. The SMILES string of the molecule is CNCCNC(=O)c1ccc2c(c1)CN(C(=O)c1cc3c(COC(C)C)n[nH]c3cc1O)C2. The fraction of sp³-hybridized carbons (Fsp3) is 0.375. The number of H-pyrrole nitrogens is 1. The summed E-state index contributed by atoms with van der Waals surface area (Å²) in [6.45, 7) is 6.21. The first-order chi connectivity index (χ1) is 15.9. The fourth-order valence-corrected chi connectivity index (χ4v) is 3.89. The molecule has 0 saturated carbocycles. The number of fused-ring (bicyclic) bond motifs is 2. The Labute approximate surface area is 192 Å². The van der Waals surface area contributed by atoms with Gasteiger partial charge < -0.3 is 25.4 Å². The highest BCUT2D eigenvalue weighted by Crippen LogP contribution is 2.31. The molecule has 0 saturated heterocycles. The Morgan fingerprint density at radius 2 is 1.97 bits per heavy atom. The maximum absolute atomic E-state index is 13.3. The normalized spacial score (nSPS) is 13.0. The van der Waals surface area contributed by atoms with Gasteiger partial charge in [-0.2, -0.15) is 5.10 Å². The van der Waals surface area contributed by atoms with Crippen molar-refractivity contribution in [3.63, 3.8) is 0 Å². The number of aromatic amines is 1. The van der Waals surface area contributed by atoms with Crippen LogP contribution in [0.15, 0.2) is 30.3 Å². The van der Waals surface area contributed by atoms with Crippen molar-refractivity contribution >= 4 is 22.7 Å². The molecule has 9 heteroatoms. The number of rotatable bonds is 8. The first-order valence-corrected chi connectivity index (χ1v) is 11.0. The van der Waals surface area contributed by atoms with Crippen molar-refractivity contribution in [1.29, 1.82) is 0 Å². The van der Waals surface area contributed by atoms with Crippen molar-refractivity contribution in [3.05, 3.63) is 58.3 Å². The summed E-state index contributed by atoms with van der Waals surface area (Å²) in [4.78, 5) is 27.3. The highest BCUT2D eigenvalue weighted by Gasteiger charge is 2.27. The van der Waals surface area contributed by atoms with Crippen LogP contribution >= 0.6 is 0 Å². The third-order valence-electron chi connectivity index (χ3n) is 5.68. The van der Waals surface area contributed by atoms with E-state index in [0.29, 0.717) is 49.6 Å². The van der Waals surface area contributed by atoms with Gasteiger partial charge >= 0.3 is 0 Å². The number of nitrogens with one attached hydrogen (secondary N) is 3. The third kappa shape index (κ3) is 4.84. The number of aromatic hydroxyl groups is 1. The number of carbonyl (C=O) groups excluding carboxylic acids is 2. The largest absolute Gasteiger partial charge is 0.507 e. The van der Waals surface area contributed by atoms with Gasteiger partial charge in [-0.15, -0.1) is 0 Å². The second-order valence-corrected chi connectivity index (χ2v) is 8.45. The molecule has 0 atom stereocenters. The van der Waals surface area contributed by atoms with E-state index in [9.17, 15) is 14.7 Å². The predicted molar refractivity (Wildman–Crippen MR) is 124 cm³/mol. The standard InChI is InChI=1S/C24H29N5O4/c1-14(2)33-13-21-18-9-19(22(30)10-20(18)27-28-21)24(32)29-11-16-5-4-15(8-17(16)12-29)23(31)26-7-6-25-3/h4-5,8-10,14,25,30H,6-7,11-13H2,1-3H3,(H,26,31)(H,27,28). The van der Waals surface area contributed by atoms with Crippen LogP contribution in [0.1, 0.15) is 51.4 Å². The van der Waals surface area contributed by atoms with E-state index in [-0.39, 0.29) is 29.2 Å². The second-order valence-electron chi connectivity index (χ2n) is 8.45. The molecule has 33 heavy (non-hydrogen) atoms. The highest BCUT2D eigenvalue weighted by molar-refractivity contribution is 6.01. The number of amides is 2. The van der Waals surface area contributed by atoms with Crippen molar-refractivity contribution in [1.82, 2.24) is 25.7 Å². The summed E-state index contributed by atoms with van der Waals surface area (Å²) in [5, 5.41) is 24.3. The molecule has 0 aliphatic carbocycles. The van der Waals surface area contributed by atoms with Crippen LogP contribution in [0.5, 0.6) is 5.75 Å². The van der Waals surface area contributed by atoms with Gasteiger partial charge in [0, 0.05) is 43.2 Å². The number of benzene rings is 2. The van der Waals surface area contributed by atoms with E-state index in [2.05, 4.69) is 20.8 Å². The number of phenolic OH excluding ortho intramolecular Hbond substituents is 1. The van der Waals surface area contributed by atoms with Crippen LogP contribution in [-0.2, 0) is 24.4 Å². The van der Waals surface area contributed by atoms with E-state index in [1.54, 1.807) is 17.0 Å². The molecular weight excluding hydrogens is 422 g/mol. The molecule has 4 N–H and O–H groups in total. The average Bonchev–Trinajstić information content (AvgIpc) is 3.39. The van der Waals surface area contributed by atoms with Gasteiger partial charge in [0.1, 0.15) is 5.75 Å². The topological polar surface area (TPSA) is 120 Å². The Balaban J connectivity index is 1.52. The number of likely N-dealkylation sites (N-methyl/N-ethyl adjacent to an activating group) is 1. The molecule has 0 fully saturated rings. The van der Waals surface area contributed by atoms with E-state index in [0.717, 1.165) is 16.5 Å². The van der Waals surface area contributed by atoms with Crippen molar-refractivity contribution < 1.29 is 19.4 Å². The first-order valence-electron chi connectivity index (χ1n) is 11.0. The number of nitrogens with zero attached hydrogens (tertiary/aromatic N) is 2. The van der Waals surface area contributed by atoms with Crippen LogP contribution in [0.4, 0.5) is 0 Å². The van der Waals surface area contributed by atoms with Gasteiger partial charge in [-0.05, 0) is 50.2 Å². The number of hydrogen-bond acceptors (Lipinski definition) is 6. The summed E-state index contributed by atoms with van der Waals surface area (Å²) < 4.78 is 5.65. The van der Waals surface area contributed by atoms with E-state index in [1.165, 1.54) is 6.07 Å². The first kappa shape index (κ1) is 22.8.